The summed E-state index contributed by atoms with van der Waals surface area (Å²) < 4.78 is 0. The summed E-state index contributed by atoms with van der Waals surface area (Å²) in [5, 5.41) is 2.73. The van der Waals surface area contributed by atoms with Crippen molar-refractivity contribution in [3.8, 4) is 0 Å². The highest BCUT2D eigenvalue weighted by atomic mass is 32.1. The molecule has 0 bridgehead atoms. The van der Waals surface area contributed by atoms with Crippen molar-refractivity contribution in [1.29, 1.82) is 0 Å². The van der Waals surface area contributed by atoms with Crippen LogP contribution in [0.25, 0.3) is 0 Å². The van der Waals surface area contributed by atoms with Gasteiger partial charge in [0.05, 0.1) is 10.9 Å². The van der Waals surface area contributed by atoms with Gasteiger partial charge in [-0.3, -0.25) is 14.8 Å². The first-order valence-corrected chi connectivity index (χ1v) is 9.01. The highest BCUT2D eigenvalue weighted by molar-refractivity contribution is 7.80. The zero-order valence-electron chi connectivity index (χ0n) is 14.8. The van der Waals surface area contributed by atoms with E-state index >= 15 is 0 Å². The van der Waals surface area contributed by atoms with Gasteiger partial charge < -0.3 is 5.32 Å². The summed E-state index contributed by atoms with van der Waals surface area (Å²) in [7, 11) is 0. The molecule has 0 fully saturated rings. The molecule has 1 N–H and O–H groups in total. The molecule has 5 heteroatoms. The summed E-state index contributed by atoms with van der Waals surface area (Å²) in [6, 6.07) is 15.3. The molecule has 0 aliphatic carbocycles. The Kier molecular flexibility index (Phi) is 5.68. The van der Waals surface area contributed by atoms with Crippen LogP contribution < -0.4 is 5.32 Å². The molecule has 0 saturated heterocycles. The molecule has 4 nitrogen and oxygen atoms in total. The monoisotopic (exact) mass is 363 g/mol. The molecule has 26 heavy (non-hydrogen) atoms. The topological polar surface area (TPSA) is 54.9 Å². The van der Waals surface area contributed by atoms with Crippen LogP contribution in [0.2, 0.25) is 0 Å². The minimum absolute atomic E-state index is 0.146. The Morgan fingerprint density at radius 1 is 1.04 bits per heavy atom. The molecule has 0 spiro atoms. The summed E-state index contributed by atoms with van der Waals surface area (Å²) >= 11 is 4.63. The van der Waals surface area contributed by atoms with Crippen LogP contribution in [-0.4, -0.2) is 15.9 Å². The van der Waals surface area contributed by atoms with Crippen molar-refractivity contribution in [3.05, 3.63) is 89.5 Å². The molecule has 2 aromatic carbocycles. The maximum absolute atomic E-state index is 12.6. The van der Waals surface area contributed by atoms with Gasteiger partial charge in [0.15, 0.2) is 0 Å². The van der Waals surface area contributed by atoms with E-state index in [2.05, 4.69) is 47.8 Å². The van der Waals surface area contributed by atoms with Crippen molar-refractivity contribution < 1.29 is 4.79 Å². The average Bonchev–Trinajstić information content (AvgIpc) is 2.68. The highest BCUT2D eigenvalue weighted by Gasteiger charge is 2.14. The Balaban J connectivity index is 1.79. The highest BCUT2D eigenvalue weighted by Crippen LogP contribution is 2.27. The minimum Gasteiger partial charge on any atom is -0.322 e. The van der Waals surface area contributed by atoms with E-state index in [0.29, 0.717) is 11.5 Å². The van der Waals surface area contributed by atoms with Gasteiger partial charge in [-0.25, -0.2) is 0 Å². The maximum Gasteiger partial charge on any atom is 0.255 e. The summed E-state index contributed by atoms with van der Waals surface area (Å²) in [6.07, 6.45) is 4.94. The third-order valence-corrected chi connectivity index (χ3v) is 4.70. The maximum atomic E-state index is 12.6. The largest absolute Gasteiger partial charge is 0.322 e. The number of nitrogens with one attached hydrogen (secondary N) is 1. The SMILES string of the molecule is CC(C)c1cccc(NC(=O)c2cccc(C(S)c3cnccn3)c2)c1. The van der Waals surface area contributed by atoms with E-state index < -0.39 is 0 Å². The predicted octanol–water partition coefficient (Wildman–Crippen LogP) is 4.87. The van der Waals surface area contributed by atoms with E-state index in [1.807, 2.05) is 36.4 Å². The first-order chi connectivity index (χ1) is 12.5. The van der Waals surface area contributed by atoms with E-state index in [-0.39, 0.29) is 11.2 Å². The Morgan fingerprint density at radius 3 is 2.54 bits per heavy atom. The van der Waals surface area contributed by atoms with Gasteiger partial charge in [0.2, 0.25) is 0 Å². The van der Waals surface area contributed by atoms with Crippen molar-refractivity contribution in [3.63, 3.8) is 0 Å². The third kappa shape index (κ3) is 4.29. The van der Waals surface area contributed by atoms with Gasteiger partial charge in [0.1, 0.15) is 0 Å². The van der Waals surface area contributed by atoms with Gasteiger partial charge in [0, 0.05) is 29.8 Å². The smallest absolute Gasteiger partial charge is 0.255 e. The van der Waals surface area contributed by atoms with Gasteiger partial charge in [-0.2, -0.15) is 12.6 Å². The van der Waals surface area contributed by atoms with Crippen molar-refractivity contribution >= 4 is 24.2 Å². The molecule has 3 rings (SSSR count). The third-order valence-electron chi connectivity index (χ3n) is 4.14. The molecule has 1 atom stereocenters. The fourth-order valence-corrected chi connectivity index (χ4v) is 2.95. The van der Waals surface area contributed by atoms with Crippen LogP contribution in [0.4, 0.5) is 5.69 Å². The quantitative estimate of drug-likeness (QED) is 0.636. The number of amides is 1. The minimum atomic E-state index is -0.235. The van der Waals surface area contributed by atoms with Crippen LogP contribution in [0, 0.1) is 0 Å². The molecule has 1 amide bonds. The zero-order chi connectivity index (χ0) is 18.5. The normalized spacial score (nSPS) is 12.0. The van der Waals surface area contributed by atoms with E-state index in [1.54, 1.807) is 24.7 Å². The lowest BCUT2D eigenvalue weighted by molar-refractivity contribution is 0.102. The van der Waals surface area contributed by atoms with Crippen LogP contribution in [-0.2, 0) is 0 Å². The number of aromatic nitrogens is 2. The predicted molar refractivity (Wildman–Crippen MR) is 108 cm³/mol. The Hall–Kier alpha value is -2.66. The molecule has 1 aromatic heterocycles. The van der Waals surface area contributed by atoms with Crippen LogP contribution in [0.5, 0.6) is 0 Å². The summed E-state index contributed by atoms with van der Waals surface area (Å²) in [4.78, 5) is 21.0. The molecule has 0 aliphatic rings. The standard InChI is InChI=1S/C21H21N3OS/c1-14(2)15-5-4-8-18(12-15)24-21(25)17-7-3-6-16(11-17)20(26)19-13-22-9-10-23-19/h3-14,20,26H,1-2H3,(H,24,25). The van der Waals surface area contributed by atoms with Gasteiger partial charge >= 0.3 is 0 Å². The fraction of sp³-hybridized carbons (Fsp3) is 0.190. The Morgan fingerprint density at radius 2 is 1.81 bits per heavy atom. The fourth-order valence-electron chi connectivity index (χ4n) is 2.65. The van der Waals surface area contributed by atoms with Crippen molar-refractivity contribution in [2.75, 3.05) is 5.32 Å². The number of nitrogens with zero attached hydrogens (tertiary/aromatic N) is 2. The lowest BCUT2D eigenvalue weighted by Gasteiger charge is -2.12. The summed E-state index contributed by atoms with van der Waals surface area (Å²) in [5.41, 5.74) is 4.22. The van der Waals surface area contributed by atoms with Gasteiger partial charge in [-0.05, 0) is 41.3 Å². The first kappa shape index (κ1) is 18.1. The van der Waals surface area contributed by atoms with Crippen molar-refractivity contribution in [2.45, 2.75) is 25.0 Å². The number of rotatable bonds is 5. The molecule has 132 valence electrons. The summed E-state index contributed by atoms with van der Waals surface area (Å²) in [6.45, 7) is 4.26. The van der Waals surface area contributed by atoms with Gasteiger partial charge in [0.25, 0.3) is 5.91 Å². The average molecular weight is 363 g/mol. The van der Waals surface area contributed by atoms with E-state index in [4.69, 9.17) is 0 Å². The van der Waals surface area contributed by atoms with E-state index in [1.165, 1.54) is 5.56 Å². The molecule has 0 radical (unpaired) electrons. The molecule has 3 aromatic rings. The summed E-state index contributed by atoms with van der Waals surface area (Å²) in [5.74, 6) is 0.263. The number of hydrogen-bond acceptors (Lipinski definition) is 4. The second-order valence-corrected chi connectivity index (χ2v) is 6.91. The van der Waals surface area contributed by atoms with Crippen LogP contribution in [0.1, 0.15) is 52.2 Å². The van der Waals surface area contributed by atoms with E-state index in [9.17, 15) is 4.79 Å². The zero-order valence-corrected chi connectivity index (χ0v) is 15.6. The molecule has 1 heterocycles. The number of carbonyl (C=O) groups excluding carboxylic acids is 1. The molecule has 0 aliphatic heterocycles. The van der Waals surface area contributed by atoms with E-state index in [0.717, 1.165) is 16.9 Å². The second-order valence-electron chi connectivity index (χ2n) is 6.39. The van der Waals surface area contributed by atoms with Crippen LogP contribution in [0.3, 0.4) is 0 Å². The van der Waals surface area contributed by atoms with Gasteiger partial charge in [-0.15, -0.1) is 0 Å². The Labute approximate surface area is 159 Å². The molecular formula is C21H21N3OS. The second kappa shape index (κ2) is 8.15. The first-order valence-electron chi connectivity index (χ1n) is 8.50. The van der Waals surface area contributed by atoms with Crippen molar-refractivity contribution in [2.24, 2.45) is 0 Å². The van der Waals surface area contributed by atoms with Gasteiger partial charge in [-0.1, -0.05) is 38.1 Å². The van der Waals surface area contributed by atoms with Crippen molar-refractivity contribution in [1.82, 2.24) is 9.97 Å². The number of hydrogen-bond donors (Lipinski definition) is 2. The number of benzene rings is 2. The van der Waals surface area contributed by atoms with Crippen LogP contribution >= 0.6 is 12.6 Å². The lowest BCUT2D eigenvalue weighted by Crippen LogP contribution is -2.12. The number of anilines is 1. The molecule has 0 saturated carbocycles. The number of thiol groups is 1. The lowest BCUT2D eigenvalue weighted by atomic mass is 10.0. The number of carbonyl (C=O) groups is 1. The molecular weight excluding hydrogens is 342 g/mol. The molecule has 1 unspecified atom stereocenters. The van der Waals surface area contributed by atoms with Crippen LogP contribution in [0.15, 0.2) is 67.1 Å². The Bertz CT molecular complexity index is 897.